The molecule has 4 aromatic carbocycles. The molecule has 21 heteroatoms. The van der Waals surface area contributed by atoms with Crippen molar-refractivity contribution in [3.05, 3.63) is 146 Å². The van der Waals surface area contributed by atoms with Crippen LogP contribution in [0, 0.1) is 0 Å². The van der Waals surface area contributed by atoms with Gasteiger partial charge in [0.05, 0.1) is 23.8 Å². The minimum absolute atomic E-state index is 0.0594. The maximum absolute atomic E-state index is 12.4. The summed E-state index contributed by atoms with van der Waals surface area (Å²) >= 11 is 0. The number of nitrogens with zero attached hydrogens (tertiary/aromatic N) is 5. The second kappa shape index (κ2) is 23.5. The number of rotatable bonds is 12. The van der Waals surface area contributed by atoms with Crippen LogP contribution in [0.25, 0.3) is 56.1 Å². The Morgan fingerprint density at radius 3 is 1.42 bits per heavy atom. The molecular formula is C56H54F6N10O5. The lowest BCUT2D eigenvalue weighted by molar-refractivity contribution is -0.130. The molecule has 0 unspecified atom stereocenters. The van der Waals surface area contributed by atoms with E-state index in [2.05, 4.69) is 25.9 Å². The van der Waals surface area contributed by atoms with E-state index >= 15 is 0 Å². The molecule has 0 bridgehead atoms. The van der Waals surface area contributed by atoms with Crippen molar-refractivity contribution >= 4 is 40.6 Å². The molecule has 4 aromatic heterocycles. The number of pyridine rings is 2. The molecular weight excluding hydrogens is 1010 g/mol. The maximum Gasteiger partial charge on any atom is 0.405 e. The number of nitrogens with one attached hydrogen (secondary N) is 5. The quantitative estimate of drug-likeness (QED) is 0.0754. The van der Waals surface area contributed by atoms with Gasteiger partial charge in [-0.25, -0.2) is 19.6 Å². The first kappa shape index (κ1) is 53.2. The van der Waals surface area contributed by atoms with Gasteiger partial charge >= 0.3 is 24.4 Å². The highest BCUT2D eigenvalue weighted by molar-refractivity contribution is 5.91. The summed E-state index contributed by atoms with van der Waals surface area (Å²) in [4.78, 5) is 46.2. The first-order chi connectivity index (χ1) is 37.0. The van der Waals surface area contributed by atoms with Crippen LogP contribution >= 0.6 is 0 Å². The van der Waals surface area contributed by atoms with E-state index in [9.17, 15) is 40.7 Å². The van der Waals surface area contributed by atoms with Crippen molar-refractivity contribution in [1.82, 2.24) is 39.6 Å². The van der Waals surface area contributed by atoms with Crippen LogP contribution in [0.3, 0.4) is 0 Å². The molecule has 2 aliphatic rings. The number of benzene rings is 4. The number of aromatic nitrogens is 4. The Hall–Kier alpha value is -8.59. The van der Waals surface area contributed by atoms with Gasteiger partial charge in [-0.1, -0.05) is 48.5 Å². The van der Waals surface area contributed by atoms with Crippen molar-refractivity contribution in [3.63, 3.8) is 0 Å². The summed E-state index contributed by atoms with van der Waals surface area (Å²) in [5, 5.41) is 11.8. The van der Waals surface area contributed by atoms with Crippen molar-refractivity contribution in [2.24, 2.45) is 0 Å². The molecule has 77 heavy (non-hydrogen) atoms. The first-order valence-electron chi connectivity index (χ1n) is 24.9. The number of ether oxygens (including phenoxy) is 2. The Bertz CT molecular complexity index is 3360. The molecule has 2 fully saturated rings. The van der Waals surface area contributed by atoms with Crippen molar-refractivity contribution in [2.45, 2.75) is 57.2 Å². The molecule has 0 atom stereocenters. The fourth-order valence-electron chi connectivity index (χ4n) is 9.06. The number of fused-ring (bicyclic) bond motifs is 2. The van der Waals surface area contributed by atoms with Gasteiger partial charge in [-0.15, -0.1) is 0 Å². The van der Waals surface area contributed by atoms with Crippen molar-refractivity contribution in [1.29, 1.82) is 0 Å². The molecule has 400 valence electrons. The summed E-state index contributed by atoms with van der Waals surface area (Å²) < 4.78 is 90.4. The van der Waals surface area contributed by atoms with Crippen LogP contribution in [0.1, 0.15) is 32.6 Å². The zero-order valence-electron chi connectivity index (χ0n) is 41.6. The average molecular weight is 1060 g/mol. The lowest BCUT2D eigenvalue weighted by Gasteiger charge is -2.31. The Morgan fingerprint density at radius 1 is 0.558 bits per heavy atom. The van der Waals surface area contributed by atoms with Gasteiger partial charge in [0.2, 0.25) is 5.91 Å². The number of likely N-dealkylation sites (tertiary alicyclic amines) is 1. The predicted octanol–water partition coefficient (Wildman–Crippen LogP) is 11.2. The van der Waals surface area contributed by atoms with Gasteiger partial charge in [-0.3, -0.25) is 13.6 Å². The van der Waals surface area contributed by atoms with Gasteiger partial charge in [0.1, 0.15) is 48.1 Å². The van der Waals surface area contributed by atoms with E-state index in [0.717, 1.165) is 101 Å². The van der Waals surface area contributed by atoms with E-state index < -0.39 is 37.5 Å². The summed E-state index contributed by atoms with van der Waals surface area (Å²) in [5.74, 6) is 1.71. The standard InChI is InChI=1S/C29H28F3N5O3.C27H26F3N5O2/c1-19(38)36-11-9-24(10-12-36)40-25-7-3-4-20(15-25)21-8-13-37-26(17-33-27(37)16-21)22-5-2-6-23(14-22)35-28(39)34-18-29(30,31)32;28-27(29,30)17-33-26(36)34-21-5-1-4-20(13-21)24-16-32-25-15-19(9-12-35(24)25)18-3-2-6-23(14-18)37-22-7-10-31-11-8-22/h2-8,13-17,24H,9-12,18H2,1H3,(H2,34,35,39);1-6,9,12-16,22,31H,7-8,10-11,17H2,(H2,33,34,36). The fourth-order valence-corrected chi connectivity index (χ4v) is 9.06. The Balaban J connectivity index is 0.000000188. The zero-order chi connectivity index (χ0) is 54.1. The van der Waals surface area contributed by atoms with Gasteiger partial charge in [-0.05, 0) is 121 Å². The molecule has 5 amide bonds. The third kappa shape index (κ3) is 14.4. The number of amides is 5. The van der Waals surface area contributed by atoms with E-state index in [-0.39, 0.29) is 18.1 Å². The van der Waals surface area contributed by atoms with Crippen LogP contribution in [0.2, 0.25) is 0 Å². The topological polar surface area (TPSA) is 168 Å². The van der Waals surface area contributed by atoms with Gasteiger partial charge < -0.3 is 41.0 Å². The Morgan fingerprint density at radius 2 is 0.974 bits per heavy atom. The second-order valence-electron chi connectivity index (χ2n) is 18.5. The number of urea groups is 2. The van der Waals surface area contributed by atoms with Crippen LogP contribution in [0.5, 0.6) is 11.5 Å². The van der Waals surface area contributed by atoms with Crippen LogP contribution in [0.4, 0.5) is 47.3 Å². The van der Waals surface area contributed by atoms with Crippen LogP contribution in [-0.2, 0) is 4.79 Å². The van der Waals surface area contributed by atoms with Gasteiger partial charge in [0.25, 0.3) is 0 Å². The van der Waals surface area contributed by atoms with Crippen molar-refractivity contribution < 1.29 is 50.2 Å². The number of carbonyl (C=O) groups is 3. The number of halogens is 6. The molecule has 10 rings (SSSR count). The molecule has 0 aliphatic carbocycles. The summed E-state index contributed by atoms with van der Waals surface area (Å²) in [6.45, 7) is 2.10. The monoisotopic (exact) mass is 1060 g/mol. The Labute approximate surface area is 438 Å². The second-order valence-corrected chi connectivity index (χ2v) is 18.5. The third-order valence-electron chi connectivity index (χ3n) is 12.9. The minimum atomic E-state index is -4.49. The molecule has 15 nitrogen and oxygen atoms in total. The lowest BCUT2D eigenvalue weighted by atomic mass is 10.1. The van der Waals surface area contributed by atoms with Crippen LogP contribution in [0.15, 0.2) is 146 Å². The van der Waals surface area contributed by atoms with Gasteiger partial charge in [-0.2, -0.15) is 26.3 Å². The van der Waals surface area contributed by atoms with E-state index in [4.69, 9.17) is 9.47 Å². The molecule has 6 heterocycles. The summed E-state index contributed by atoms with van der Waals surface area (Å²) in [5.41, 5.74) is 9.15. The summed E-state index contributed by atoms with van der Waals surface area (Å²) in [6.07, 6.45) is 2.12. The number of imidazole rings is 2. The highest BCUT2D eigenvalue weighted by atomic mass is 19.4. The van der Waals surface area contributed by atoms with Crippen molar-refractivity contribution in [3.8, 4) is 56.3 Å². The number of anilines is 2. The Kier molecular flexibility index (Phi) is 16.3. The molecule has 8 aromatic rings. The normalized spacial score (nSPS) is 14.4. The van der Waals surface area contributed by atoms with E-state index in [1.165, 1.54) is 0 Å². The highest BCUT2D eigenvalue weighted by Gasteiger charge is 2.29. The van der Waals surface area contributed by atoms with E-state index in [1.807, 2.05) is 111 Å². The smallest absolute Gasteiger partial charge is 0.405 e. The van der Waals surface area contributed by atoms with E-state index in [1.54, 1.807) is 66.3 Å². The van der Waals surface area contributed by atoms with Crippen LogP contribution in [-0.4, -0.2) is 105 Å². The summed E-state index contributed by atoms with van der Waals surface area (Å²) in [6, 6.07) is 35.6. The number of hydrogen-bond acceptors (Lipinski definition) is 8. The molecule has 0 radical (unpaired) electrons. The predicted molar refractivity (Wildman–Crippen MR) is 281 cm³/mol. The minimum Gasteiger partial charge on any atom is -0.490 e. The number of alkyl halides is 6. The molecule has 0 spiro atoms. The van der Waals surface area contributed by atoms with Gasteiger partial charge in [0, 0.05) is 67.8 Å². The molecule has 5 N–H and O–H groups in total. The molecule has 0 saturated carbocycles. The lowest BCUT2D eigenvalue weighted by Crippen LogP contribution is -2.40. The average Bonchev–Trinajstić information content (AvgIpc) is 4.05. The van der Waals surface area contributed by atoms with Gasteiger partial charge in [0.15, 0.2) is 0 Å². The molecule has 2 saturated heterocycles. The maximum atomic E-state index is 12.4. The zero-order valence-corrected chi connectivity index (χ0v) is 41.6. The number of piperidine rings is 2. The number of carbonyl (C=O) groups excluding carboxylic acids is 3. The first-order valence-corrected chi connectivity index (χ1v) is 24.9. The third-order valence-corrected chi connectivity index (χ3v) is 12.9. The van der Waals surface area contributed by atoms with E-state index in [0.29, 0.717) is 30.1 Å². The van der Waals surface area contributed by atoms with Crippen molar-refractivity contribution in [2.75, 3.05) is 49.9 Å². The highest BCUT2D eigenvalue weighted by Crippen LogP contribution is 2.32. The fraction of sp³-hybridized carbons (Fsp3) is 0.268. The number of hydrogen-bond donors (Lipinski definition) is 5. The summed E-state index contributed by atoms with van der Waals surface area (Å²) in [7, 11) is 0. The largest absolute Gasteiger partial charge is 0.490 e. The SMILES string of the molecule is CC(=O)N1CCC(Oc2cccc(-c3ccn4c(-c5cccc(NC(=O)NCC(F)(F)F)c5)cnc4c3)c2)CC1.O=C(NCC(F)(F)F)Nc1cccc(-c2cnc3cc(-c4cccc(OC5CCNCC5)c4)ccn23)c1. The molecule has 2 aliphatic heterocycles. The van der Waals surface area contributed by atoms with Crippen LogP contribution < -0.4 is 36.1 Å².